The Hall–Kier alpha value is -1.40. The van der Waals surface area contributed by atoms with Crippen LogP contribution in [0.15, 0.2) is 23.2 Å². The highest BCUT2D eigenvalue weighted by molar-refractivity contribution is 14.0. The van der Waals surface area contributed by atoms with Gasteiger partial charge in [0.05, 0.1) is 6.61 Å². The van der Waals surface area contributed by atoms with Gasteiger partial charge in [-0.25, -0.2) is 0 Å². The average molecular weight is 569 g/mol. The van der Waals surface area contributed by atoms with Crippen LogP contribution in [-0.2, 0) is 6.54 Å². The normalized spacial score (nSPS) is 16.4. The van der Waals surface area contributed by atoms with Crippen LogP contribution in [0.25, 0.3) is 0 Å². The highest BCUT2D eigenvalue weighted by Crippen LogP contribution is 2.26. The summed E-state index contributed by atoms with van der Waals surface area (Å²) < 4.78 is 35.9. The molecule has 0 aliphatic carbocycles. The van der Waals surface area contributed by atoms with Gasteiger partial charge in [-0.05, 0) is 32.0 Å². The zero-order chi connectivity index (χ0) is 22.6. The maximum absolute atomic E-state index is 12.9. The lowest BCUT2D eigenvalue weighted by molar-refractivity contribution is -0.0505. The number of nitrogens with zero attached hydrogens (tertiary/aromatic N) is 3. The summed E-state index contributed by atoms with van der Waals surface area (Å²) >= 11 is 0. The molecule has 184 valence electrons. The van der Waals surface area contributed by atoms with E-state index in [1.165, 1.54) is 6.07 Å². The minimum absolute atomic E-state index is 0. The SMILES string of the molecule is CCCOc1ccc(CNC(=NC)NCC(C)N2CCN(CC)CC2)c(OC(F)F)c1.I. The molecule has 10 heteroatoms. The van der Waals surface area contributed by atoms with Crippen molar-refractivity contribution >= 4 is 29.9 Å². The van der Waals surface area contributed by atoms with E-state index in [0.717, 1.165) is 45.7 Å². The topological polar surface area (TPSA) is 61.4 Å². The lowest BCUT2D eigenvalue weighted by Crippen LogP contribution is -2.53. The molecule has 1 fully saturated rings. The molecule has 0 bridgehead atoms. The Morgan fingerprint density at radius 1 is 1.16 bits per heavy atom. The van der Waals surface area contributed by atoms with E-state index in [-0.39, 0.29) is 29.7 Å². The number of piperazine rings is 1. The van der Waals surface area contributed by atoms with Gasteiger partial charge in [-0.1, -0.05) is 13.8 Å². The van der Waals surface area contributed by atoms with Gasteiger partial charge in [0, 0.05) is 64.0 Å². The van der Waals surface area contributed by atoms with Gasteiger partial charge < -0.3 is 25.0 Å². The Bertz CT molecular complexity index is 688. The molecule has 32 heavy (non-hydrogen) atoms. The van der Waals surface area contributed by atoms with Gasteiger partial charge in [0.1, 0.15) is 11.5 Å². The van der Waals surface area contributed by atoms with Crippen LogP contribution < -0.4 is 20.1 Å². The van der Waals surface area contributed by atoms with Crippen LogP contribution in [0.2, 0.25) is 0 Å². The van der Waals surface area contributed by atoms with Gasteiger partial charge in [0.25, 0.3) is 0 Å². The highest BCUT2D eigenvalue weighted by atomic mass is 127. The van der Waals surface area contributed by atoms with Crippen LogP contribution in [0.4, 0.5) is 8.78 Å². The first-order valence-electron chi connectivity index (χ1n) is 11.1. The third-order valence-electron chi connectivity index (χ3n) is 5.44. The predicted molar refractivity (Wildman–Crippen MR) is 136 cm³/mol. The zero-order valence-corrected chi connectivity index (χ0v) is 21.9. The summed E-state index contributed by atoms with van der Waals surface area (Å²) in [6.45, 7) is 10.5. The smallest absolute Gasteiger partial charge is 0.387 e. The van der Waals surface area contributed by atoms with E-state index in [0.29, 0.717) is 36.5 Å². The second kappa shape index (κ2) is 15.4. The standard InChI is InChI=1S/C22H37F2N5O2.HI/c1-5-13-30-19-8-7-18(20(14-19)31-21(23)24)16-27-22(25-4)26-15-17(3)29-11-9-28(6-2)10-12-29;/h7-8,14,17,21H,5-6,9-13,15-16H2,1-4H3,(H2,25,26,27);1H. The number of hydrogen-bond donors (Lipinski definition) is 2. The molecule has 0 amide bonds. The Morgan fingerprint density at radius 2 is 1.88 bits per heavy atom. The molecule has 1 aromatic carbocycles. The largest absolute Gasteiger partial charge is 0.493 e. The van der Waals surface area contributed by atoms with E-state index >= 15 is 0 Å². The number of nitrogens with one attached hydrogen (secondary N) is 2. The zero-order valence-electron chi connectivity index (χ0n) is 19.6. The van der Waals surface area contributed by atoms with Crippen LogP contribution in [0.1, 0.15) is 32.8 Å². The van der Waals surface area contributed by atoms with Gasteiger partial charge in [0.15, 0.2) is 5.96 Å². The van der Waals surface area contributed by atoms with Crippen molar-refractivity contribution in [3.8, 4) is 11.5 Å². The maximum atomic E-state index is 12.9. The number of ether oxygens (including phenoxy) is 2. The summed E-state index contributed by atoms with van der Waals surface area (Å²) in [7, 11) is 1.69. The van der Waals surface area contributed by atoms with E-state index < -0.39 is 6.61 Å². The van der Waals surface area contributed by atoms with Crippen molar-refractivity contribution in [2.75, 3.05) is 52.9 Å². The highest BCUT2D eigenvalue weighted by Gasteiger charge is 2.20. The van der Waals surface area contributed by atoms with Crippen molar-refractivity contribution in [2.45, 2.75) is 46.4 Å². The molecule has 7 nitrogen and oxygen atoms in total. The quantitative estimate of drug-likeness (QED) is 0.242. The van der Waals surface area contributed by atoms with Crippen LogP contribution in [0, 0.1) is 0 Å². The lowest BCUT2D eigenvalue weighted by atomic mass is 10.2. The number of hydrogen-bond acceptors (Lipinski definition) is 5. The number of aliphatic imine (C=N–C) groups is 1. The molecule has 0 saturated carbocycles. The molecular formula is C22H38F2IN5O2. The van der Waals surface area contributed by atoms with Crippen molar-refractivity contribution in [1.82, 2.24) is 20.4 Å². The molecule has 0 spiro atoms. The van der Waals surface area contributed by atoms with E-state index in [2.05, 4.69) is 39.3 Å². The molecule has 1 aliphatic heterocycles. The fourth-order valence-electron chi connectivity index (χ4n) is 3.49. The monoisotopic (exact) mass is 569 g/mol. The van der Waals surface area contributed by atoms with E-state index in [9.17, 15) is 8.78 Å². The van der Waals surface area contributed by atoms with Gasteiger partial charge in [-0.3, -0.25) is 9.89 Å². The number of rotatable bonds is 11. The number of benzene rings is 1. The molecule has 2 N–H and O–H groups in total. The summed E-state index contributed by atoms with van der Waals surface area (Å²) in [6, 6.07) is 5.37. The van der Waals surface area contributed by atoms with Crippen molar-refractivity contribution in [2.24, 2.45) is 4.99 Å². The first-order valence-corrected chi connectivity index (χ1v) is 11.1. The third kappa shape index (κ3) is 9.62. The van der Waals surface area contributed by atoms with E-state index in [1.54, 1.807) is 19.2 Å². The number of halogens is 3. The maximum Gasteiger partial charge on any atom is 0.387 e. The van der Waals surface area contributed by atoms with E-state index in [4.69, 9.17) is 9.47 Å². The average Bonchev–Trinajstić information content (AvgIpc) is 2.78. The van der Waals surface area contributed by atoms with Crippen molar-refractivity contribution in [3.05, 3.63) is 23.8 Å². The van der Waals surface area contributed by atoms with Crippen LogP contribution in [0.5, 0.6) is 11.5 Å². The molecule has 1 saturated heterocycles. The fraction of sp³-hybridized carbons (Fsp3) is 0.682. The van der Waals surface area contributed by atoms with Crippen LogP contribution in [-0.4, -0.2) is 81.3 Å². The molecule has 1 heterocycles. The number of alkyl halides is 2. The number of guanidine groups is 1. The summed E-state index contributed by atoms with van der Waals surface area (Å²) in [6.07, 6.45) is 0.836. The molecule has 0 radical (unpaired) electrons. The van der Waals surface area contributed by atoms with E-state index in [1.807, 2.05) is 6.92 Å². The lowest BCUT2D eigenvalue weighted by Gasteiger charge is -2.37. The predicted octanol–water partition coefficient (Wildman–Crippen LogP) is 3.39. The summed E-state index contributed by atoms with van der Waals surface area (Å²) in [5.74, 6) is 1.24. The van der Waals surface area contributed by atoms with Gasteiger partial charge in [-0.15, -0.1) is 24.0 Å². The summed E-state index contributed by atoms with van der Waals surface area (Å²) in [5.41, 5.74) is 0.607. The molecule has 1 aliphatic rings. The summed E-state index contributed by atoms with van der Waals surface area (Å²) in [5, 5.41) is 6.51. The third-order valence-corrected chi connectivity index (χ3v) is 5.44. The Balaban J connectivity index is 0.00000512. The molecule has 1 atom stereocenters. The molecule has 0 aromatic heterocycles. The second-order valence-corrected chi connectivity index (χ2v) is 7.62. The Morgan fingerprint density at radius 3 is 2.47 bits per heavy atom. The van der Waals surface area contributed by atoms with Gasteiger partial charge >= 0.3 is 6.61 Å². The molecule has 1 aromatic rings. The van der Waals surface area contributed by atoms with Gasteiger partial charge in [-0.2, -0.15) is 8.78 Å². The number of likely N-dealkylation sites (N-methyl/N-ethyl adjacent to an activating group) is 1. The van der Waals surface area contributed by atoms with Crippen LogP contribution in [0.3, 0.4) is 0 Å². The van der Waals surface area contributed by atoms with Crippen molar-refractivity contribution in [3.63, 3.8) is 0 Å². The molecule has 1 unspecified atom stereocenters. The molecule has 2 rings (SSSR count). The van der Waals surface area contributed by atoms with Gasteiger partial charge in [0.2, 0.25) is 0 Å². The first-order chi connectivity index (χ1) is 15.0. The fourth-order valence-corrected chi connectivity index (χ4v) is 3.49. The first kappa shape index (κ1) is 28.6. The van der Waals surface area contributed by atoms with Crippen molar-refractivity contribution in [1.29, 1.82) is 0 Å². The minimum Gasteiger partial charge on any atom is -0.493 e. The van der Waals surface area contributed by atoms with Crippen molar-refractivity contribution < 1.29 is 18.3 Å². The molecular weight excluding hydrogens is 531 g/mol. The Kier molecular flexibility index (Phi) is 13.8. The minimum atomic E-state index is -2.90. The Labute approximate surface area is 207 Å². The van der Waals surface area contributed by atoms with Crippen LogP contribution >= 0.6 is 24.0 Å². The second-order valence-electron chi connectivity index (χ2n) is 7.62. The summed E-state index contributed by atoms with van der Waals surface area (Å²) in [4.78, 5) is 9.17.